The van der Waals surface area contributed by atoms with E-state index in [1.807, 2.05) is 0 Å². The fraction of sp³-hybridized carbons (Fsp3) is 0.300. The smallest absolute Gasteiger partial charge is 0.311 e. The number of carbonyl (C=O) groups is 1. The highest BCUT2D eigenvalue weighted by Gasteiger charge is 2.18. The van der Waals surface area contributed by atoms with Crippen molar-refractivity contribution >= 4 is 5.97 Å². The molecule has 0 bridgehead atoms. The van der Waals surface area contributed by atoms with E-state index in [1.165, 1.54) is 24.3 Å². The number of aliphatic hydroxyl groups is 1. The highest BCUT2D eigenvalue weighted by Crippen LogP contribution is 2.19. The van der Waals surface area contributed by atoms with Crippen LogP contribution in [0.1, 0.15) is 17.9 Å². The number of halogens is 1. The van der Waals surface area contributed by atoms with Crippen LogP contribution in [0.25, 0.3) is 0 Å². The normalized spacial score (nSPS) is 12.4. The Kier molecular flexibility index (Phi) is 3.59. The number of aliphatic hydroxyl groups excluding tert-OH is 1. The Hall–Kier alpha value is -1.42. The average Bonchev–Trinajstić information content (AvgIpc) is 2.15. The van der Waals surface area contributed by atoms with Crippen LogP contribution in [0.15, 0.2) is 24.3 Å². The standard InChI is InChI=1S/C10H11FO3/c11-8-3-1-7(2-4-8)9(5-6-12)10(13)14/h1-4,9,12H,5-6H2,(H,13,14)/t9-/m1/s1. The van der Waals surface area contributed by atoms with Crippen LogP contribution in [0, 0.1) is 5.82 Å². The van der Waals surface area contributed by atoms with E-state index in [2.05, 4.69) is 0 Å². The summed E-state index contributed by atoms with van der Waals surface area (Å²) in [6.45, 7) is -0.200. The topological polar surface area (TPSA) is 57.5 Å². The second-order valence-electron chi connectivity index (χ2n) is 2.95. The molecule has 0 spiro atoms. The van der Waals surface area contributed by atoms with Crippen molar-refractivity contribution in [2.45, 2.75) is 12.3 Å². The molecular weight excluding hydrogens is 187 g/mol. The maximum Gasteiger partial charge on any atom is 0.311 e. The average molecular weight is 198 g/mol. The van der Waals surface area contributed by atoms with Gasteiger partial charge in [-0.2, -0.15) is 0 Å². The minimum Gasteiger partial charge on any atom is -0.481 e. The molecule has 1 atom stereocenters. The van der Waals surface area contributed by atoms with Crippen LogP contribution in [0.3, 0.4) is 0 Å². The zero-order valence-electron chi connectivity index (χ0n) is 7.48. The number of hydrogen-bond acceptors (Lipinski definition) is 2. The lowest BCUT2D eigenvalue weighted by Crippen LogP contribution is -2.13. The zero-order valence-corrected chi connectivity index (χ0v) is 7.48. The molecule has 0 fully saturated rings. The second kappa shape index (κ2) is 4.72. The lowest BCUT2D eigenvalue weighted by Gasteiger charge is -2.10. The van der Waals surface area contributed by atoms with Crippen molar-refractivity contribution in [2.75, 3.05) is 6.61 Å². The molecule has 1 rings (SSSR count). The van der Waals surface area contributed by atoms with Crippen molar-refractivity contribution in [3.8, 4) is 0 Å². The number of carboxylic acids is 1. The summed E-state index contributed by atoms with van der Waals surface area (Å²) in [4.78, 5) is 10.8. The fourth-order valence-corrected chi connectivity index (χ4v) is 1.26. The summed E-state index contributed by atoms with van der Waals surface area (Å²) in [6, 6.07) is 5.26. The van der Waals surface area contributed by atoms with Crippen molar-refractivity contribution in [3.05, 3.63) is 35.6 Å². The van der Waals surface area contributed by atoms with Gasteiger partial charge < -0.3 is 10.2 Å². The number of benzene rings is 1. The van der Waals surface area contributed by atoms with E-state index >= 15 is 0 Å². The largest absolute Gasteiger partial charge is 0.481 e. The molecule has 14 heavy (non-hydrogen) atoms. The van der Waals surface area contributed by atoms with E-state index in [0.717, 1.165) is 0 Å². The van der Waals surface area contributed by atoms with Gasteiger partial charge in [0.2, 0.25) is 0 Å². The quantitative estimate of drug-likeness (QED) is 0.768. The lowest BCUT2D eigenvalue weighted by atomic mass is 9.96. The monoisotopic (exact) mass is 198 g/mol. The van der Waals surface area contributed by atoms with Crippen LogP contribution in [0.4, 0.5) is 4.39 Å². The second-order valence-corrected chi connectivity index (χ2v) is 2.95. The van der Waals surface area contributed by atoms with Gasteiger partial charge in [-0.25, -0.2) is 4.39 Å². The molecule has 0 heterocycles. The molecular formula is C10H11FO3. The van der Waals surface area contributed by atoms with Gasteiger partial charge in [-0.1, -0.05) is 12.1 Å². The summed E-state index contributed by atoms with van der Waals surface area (Å²) >= 11 is 0. The first-order chi connectivity index (χ1) is 6.65. The number of carboxylic acid groups (broad SMARTS) is 1. The number of hydrogen-bond donors (Lipinski definition) is 2. The molecule has 0 radical (unpaired) electrons. The van der Waals surface area contributed by atoms with E-state index in [1.54, 1.807) is 0 Å². The Balaban J connectivity index is 2.87. The number of rotatable bonds is 4. The molecule has 0 aliphatic carbocycles. The molecule has 0 aromatic heterocycles. The summed E-state index contributed by atoms with van der Waals surface area (Å²) in [5, 5.41) is 17.5. The van der Waals surface area contributed by atoms with E-state index < -0.39 is 17.7 Å². The molecule has 0 saturated heterocycles. The highest BCUT2D eigenvalue weighted by atomic mass is 19.1. The van der Waals surface area contributed by atoms with Gasteiger partial charge >= 0.3 is 5.97 Å². The summed E-state index contributed by atoms with van der Waals surface area (Å²) in [5.74, 6) is -2.17. The summed E-state index contributed by atoms with van der Waals surface area (Å²) in [6.07, 6.45) is 0.140. The lowest BCUT2D eigenvalue weighted by molar-refractivity contribution is -0.139. The third-order valence-corrected chi connectivity index (χ3v) is 1.99. The van der Waals surface area contributed by atoms with Crippen molar-refractivity contribution in [2.24, 2.45) is 0 Å². The maximum atomic E-state index is 12.5. The van der Waals surface area contributed by atoms with E-state index in [-0.39, 0.29) is 13.0 Å². The highest BCUT2D eigenvalue weighted by molar-refractivity contribution is 5.75. The molecule has 4 heteroatoms. The third-order valence-electron chi connectivity index (χ3n) is 1.99. The molecule has 1 aromatic rings. The van der Waals surface area contributed by atoms with E-state index in [0.29, 0.717) is 5.56 Å². The molecule has 0 saturated carbocycles. The Morgan fingerprint density at radius 2 is 1.93 bits per heavy atom. The SMILES string of the molecule is O=C(O)[C@H](CCO)c1ccc(F)cc1. The van der Waals surface area contributed by atoms with Crippen LogP contribution in [0.2, 0.25) is 0 Å². The molecule has 1 aromatic carbocycles. The van der Waals surface area contributed by atoms with Crippen LogP contribution in [-0.2, 0) is 4.79 Å². The molecule has 3 nitrogen and oxygen atoms in total. The van der Waals surface area contributed by atoms with E-state index in [9.17, 15) is 9.18 Å². The zero-order chi connectivity index (χ0) is 10.6. The van der Waals surface area contributed by atoms with Gasteiger partial charge in [0.25, 0.3) is 0 Å². The molecule has 0 unspecified atom stereocenters. The van der Waals surface area contributed by atoms with Crippen LogP contribution in [-0.4, -0.2) is 22.8 Å². The molecule has 0 aliphatic heterocycles. The summed E-state index contributed by atoms with van der Waals surface area (Å²) in [5.41, 5.74) is 0.507. The Bertz CT molecular complexity index is 308. The van der Waals surface area contributed by atoms with Crippen molar-refractivity contribution in [1.29, 1.82) is 0 Å². The van der Waals surface area contributed by atoms with Gasteiger partial charge in [-0.05, 0) is 24.1 Å². The number of aliphatic carboxylic acids is 1. The molecule has 0 aliphatic rings. The van der Waals surface area contributed by atoms with Crippen molar-refractivity contribution in [1.82, 2.24) is 0 Å². The van der Waals surface area contributed by atoms with Crippen LogP contribution < -0.4 is 0 Å². The molecule has 0 amide bonds. The van der Waals surface area contributed by atoms with Crippen molar-refractivity contribution in [3.63, 3.8) is 0 Å². The molecule has 2 N–H and O–H groups in total. The fourth-order valence-electron chi connectivity index (χ4n) is 1.26. The van der Waals surface area contributed by atoms with Gasteiger partial charge in [0.05, 0.1) is 5.92 Å². The minimum absolute atomic E-state index is 0.140. The third kappa shape index (κ3) is 2.53. The Morgan fingerprint density at radius 1 is 1.36 bits per heavy atom. The minimum atomic E-state index is -1.01. The molecule has 76 valence electrons. The Labute approximate surface area is 80.8 Å². The van der Waals surface area contributed by atoms with Gasteiger partial charge in [0.1, 0.15) is 5.82 Å². The van der Waals surface area contributed by atoms with Crippen LogP contribution >= 0.6 is 0 Å². The van der Waals surface area contributed by atoms with Gasteiger partial charge in [-0.15, -0.1) is 0 Å². The van der Waals surface area contributed by atoms with Gasteiger partial charge in [-0.3, -0.25) is 4.79 Å². The summed E-state index contributed by atoms with van der Waals surface area (Å²) < 4.78 is 12.5. The Morgan fingerprint density at radius 3 is 2.36 bits per heavy atom. The predicted molar refractivity (Wildman–Crippen MR) is 48.5 cm³/mol. The predicted octanol–water partition coefficient (Wildman–Crippen LogP) is 1.38. The van der Waals surface area contributed by atoms with Gasteiger partial charge in [0, 0.05) is 6.61 Å². The maximum absolute atomic E-state index is 12.5. The van der Waals surface area contributed by atoms with E-state index in [4.69, 9.17) is 10.2 Å². The summed E-state index contributed by atoms with van der Waals surface area (Å²) in [7, 11) is 0. The van der Waals surface area contributed by atoms with Gasteiger partial charge in [0.15, 0.2) is 0 Å². The first-order valence-corrected chi connectivity index (χ1v) is 4.24. The van der Waals surface area contributed by atoms with Crippen LogP contribution in [0.5, 0.6) is 0 Å². The van der Waals surface area contributed by atoms with Crippen molar-refractivity contribution < 1.29 is 19.4 Å². The first kappa shape index (κ1) is 10.7. The first-order valence-electron chi connectivity index (χ1n) is 4.24.